The lowest BCUT2D eigenvalue weighted by Gasteiger charge is -2.14. The highest BCUT2D eigenvalue weighted by molar-refractivity contribution is 6.42. The SMILES string of the molecule is CCOc1cc(CNC[C@H](C)O)ccc1OCc1ccc(Cl)c(Cl)c1. The van der Waals surface area contributed by atoms with Crippen molar-refractivity contribution >= 4 is 23.2 Å². The van der Waals surface area contributed by atoms with Gasteiger partial charge < -0.3 is 19.9 Å². The zero-order valence-electron chi connectivity index (χ0n) is 14.4. The minimum absolute atomic E-state index is 0.372. The minimum atomic E-state index is -0.375. The van der Waals surface area contributed by atoms with Crippen LogP contribution in [0.4, 0.5) is 0 Å². The molecule has 0 saturated carbocycles. The maximum absolute atomic E-state index is 9.30. The van der Waals surface area contributed by atoms with Crippen LogP contribution in [0.1, 0.15) is 25.0 Å². The standard InChI is InChI=1S/C19H23Cl2NO3/c1-3-24-19-9-14(11-22-10-13(2)23)5-7-18(19)25-12-15-4-6-16(20)17(21)8-15/h4-9,13,22-23H,3,10-12H2,1-2H3/t13-/m0/s1. The third-order valence-electron chi connectivity index (χ3n) is 3.46. The van der Waals surface area contributed by atoms with Crippen LogP contribution in [-0.4, -0.2) is 24.4 Å². The van der Waals surface area contributed by atoms with Crippen LogP contribution in [0.3, 0.4) is 0 Å². The highest BCUT2D eigenvalue weighted by atomic mass is 35.5. The molecule has 0 bridgehead atoms. The van der Waals surface area contributed by atoms with Crippen molar-refractivity contribution in [2.75, 3.05) is 13.2 Å². The van der Waals surface area contributed by atoms with Crippen molar-refractivity contribution in [3.05, 3.63) is 57.6 Å². The summed E-state index contributed by atoms with van der Waals surface area (Å²) in [6.07, 6.45) is -0.375. The summed E-state index contributed by atoms with van der Waals surface area (Å²) in [5.41, 5.74) is 1.99. The molecule has 2 aromatic rings. The van der Waals surface area contributed by atoms with E-state index in [2.05, 4.69) is 5.32 Å². The second kappa shape index (κ2) is 9.88. The summed E-state index contributed by atoms with van der Waals surface area (Å²) < 4.78 is 11.6. The Kier molecular flexibility index (Phi) is 7.85. The Morgan fingerprint density at radius 1 is 1.00 bits per heavy atom. The summed E-state index contributed by atoms with van der Waals surface area (Å²) in [6.45, 7) is 5.79. The lowest BCUT2D eigenvalue weighted by molar-refractivity contribution is 0.191. The first-order valence-corrected chi connectivity index (χ1v) is 8.96. The molecule has 25 heavy (non-hydrogen) atoms. The van der Waals surface area contributed by atoms with E-state index in [9.17, 15) is 5.11 Å². The molecule has 0 fully saturated rings. The highest BCUT2D eigenvalue weighted by Crippen LogP contribution is 2.30. The number of hydrogen-bond donors (Lipinski definition) is 2. The smallest absolute Gasteiger partial charge is 0.161 e. The Hall–Kier alpha value is -1.46. The topological polar surface area (TPSA) is 50.7 Å². The molecule has 0 aliphatic rings. The number of aliphatic hydroxyl groups excluding tert-OH is 1. The zero-order valence-corrected chi connectivity index (χ0v) is 15.9. The summed E-state index contributed by atoms with van der Waals surface area (Å²) in [6, 6.07) is 11.2. The molecule has 2 rings (SSSR count). The minimum Gasteiger partial charge on any atom is -0.490 e. The predicted molar refractivity (Wildman–Crippen MR) is 102 cm³/mol. The maximum Gasteiger partial charge on any atom is 0.161 e. The molecule has 6 heteroatoms. The summed E-state index contributed by atoms with van der Waals surface area (Å²) in [5.74, 6) is 1.37. The number of rotatable bonds is 9. The average molecular weight is 384 g/mol. The van der Waals surface area contributed by atoms with Crippen molar-refractivity contribution in [2.45, 2.75) is 33.1 Å². The molecule has 0 unspecified atom stereocenters. The van der Waals surface area contributed by atoms with Crippen LogP contribution in [0.2, 0.25) is 10.0 Å². The van der Waals surface area contributed by atoms with Crippen molar-refractivity contribution in [2.24, 2.45) is 0 Å². The van der Waals surface area contributed by atoms with Gasteiger partial charge in [-0.25, -0.2) is 0 Å². The molecule has 0 saturated heterocycles. The normalized spacial score (nSPS) is 12.0. The van der Waals surface area contributed by atoms with E-state index in [1.165, 1.54) is 0 Å². The van der Waals surface area contributed by atoms with Crippen LogP contribution in [0.25, 0.3) is 0 Å². The van der Waals surface area contributed by atoms with Gasteiger partial charge in [-0.1, -0.05) is 35.3 Å². The fourth-order valence-electron chi connectivity index (χ4n) is 2.27. The van der Waals surface area contributed by atoms with E-state index in [4.69, 9.17) is 32.7 Å². The van der Waals surface area contributed by atoms with E-state index in [1.807, 2.05) is 31.2 Å². The van der Waals surface area contributed by atoms with Gasteiger partial charge in [0.15, 0.2) is 11.5 Å². The molecule has 0 aliphatic heterocycles. The fraction of sp³-hybridized carbons (Fsp3) is 0.368. The number of halogens is 2. The molecule has 0 amide bonds. The number of ether oxygens (including phenoxy) is 2. The van der Waals surface area contributed by atoms with Crippen LogP contribution in [0, 0.1) is 0 Å². The monoisotopic (exact) mass is 383 g/mol. The Morgan fingerprint density at radius 2 is 1.76 bits per heavy atom. The van der Waals surface area contributed by atoms with Gasteiger partial charge in [-0.05, 0) is 49.2 Å². The second-order valence-electron chi connectivity index (χ2n) is 5.73. The number of nitrogens with one attached hydrogen (secondary N) is 1. The first-order valence-electron chi connectivity index (χ1n) is 8.20. The predicted octanol–water partition coefficient (Wildman–Crippen LogP) is 4.44. The molecule has 136 valence electrons. The van der Waals surface area contributed by atoms with E-state index < -0.39 is 0 Å². The van der Waals surface area contributed by atoms with E-state index in [0.717, 1.165) is 11.1 Å². The number of hydrogen-bond acceptors (Lipinski definition) is 4. The first kappa shape index (κ1) is 19.9. The lowest BCUT2D eigenvalue weighted by atomic mass is 10.2. The molecule has 2 aromatic carbocycles. The van der Waals surface area contributed by atoms with Crippen molar-refractivity contribution in [1.82, 2.24) is 5.32 Å². The van der Waals surface area contributed by atoms with Crippen molar-refractivity contribution in [1.29, 1.82) is 0 Å². The van der Waals surface area contributed by atoms with Gasteiger partial charge in [0.1, 0.15) is 6.61 Å². The fourth-order valence-corrected chi connectivity index (χ4v) is 2.59. The van der Waals surface area contributed by atoms with E-state index >= 15 is 0 Å². The molecule has 0 heterocycles. The van der Waals surface area contributed by atoms with Crippen molar-refractivity contribution < 1.29 is 14.6 Å². The first-order chi connectivity index (χ1) is 12.0. The van der Waals surface area contributed by atoms with Gasteiger partial charge in [0, 0.05) is 13.1 Å². The van der Waals surface area contributed by atoms with Gasteiger partial charge in [-0.15, -0.1) is 0 Å². The Bertz CT molecular complexity index is 692. The molecule has 1 atom stereocenters. The van der Waals surface area contributed by atoms with Gasteiger partial charge >= 0.3 is 0 Å². The van der Waals surface area contributed by atoms with Gasteiger partial charge in [0.25, 0.3) is 0 Å². The summed E-state index contributed by atoms with van der Waals surface area (Å²) in [7, 11) is 0. The summed E-state index contributed by atoms with van der Waals surface area (Å²) >= 11 is 12.0. The number of aliphatic hydroxyl groups is 1. The molecular formula is C19H23Cl2NO3. The second-order valence-corrected chi connectivity index (χ2v) is 6.55. The van der Waals surface area contributed by atoms with Crippen LogP contribution >= 0.6 is 23.2 Å². The molecular weight excluding hydrogens is 361 g/mol. The lowest BCUT2D eigenvalue weighted by Crippen LogP contribution is -2.23. The van der Waals surface area contributed by atoms with Crippen molar-refractivity contribution in [3.8, 4) is 11.5 Å². The van der Waals surface area contributed by atoms with Crippen LogP contribution in [-0.2, 0) is 13.2 Å². The third kappa shape index (κ3) is 6.40. The highest BCUT2D eigenvalue weighted by Gasteiger charge is 2.08. The van der Waals surface area contributed by atoms with Crippen LogP contribution in [0.15, 0.2) is 36.4 Å². The van der Waals surface area contributed by atoms with Crippen LogP contribution in [0.5, 0.6) is 11.5 Å². The van der Waals surface area contributed by atoms with Gasteiger partial charge in [-0.2, -0.15) is 0 Å². The molecule has 0 spiro atoms. The maximum atomic E-state index is 9.30. The van der Waals surface area contributed by atoms with Crippen molar-refractivity contribution in [3.63, 3.8) is 0 Å². The molecule has 2 N–H and O–H groups in total. The van der Waals surface area contributed by atoms with E-state index in [0.29, 0.717) is 47.8 Å². The Morgan fingerprint density at radius 3 is 2.44 bits per heavy atom. The molecule has 0 radical (unpaired) electrons. The van der Waals surface area contributed by atoms with E-state index in [-0.39, 0.29) is 6.10 Å². The average Bonchev–Trinajstić information content (AvgIpc) is 2.57. The zero-order chi connectivity index (χ0) is 18.2. The quantitative estimate of drug-likeness (QED) is 0.671. The van der Waals surface area contributed by atoms with Crippen LogP contribution < -0.4 is 14.8 Å². The number of benzene rings is 2. The largest absolute Gasteiger partial charge is 0.490 e. The summed E-state index contributed by atoms with van der Waals surface area (Å²) in [5, 5.41) is 13.5. The van der Waals surface area contributed by atoms with Gasteiger partial charge in [0.2, 0.25) is 0 Å². The molecule has 0 aliphatic carbocycles. The third-order valence-corrected chi connectivity index (χ3v) is 4.19. The molecule has 4 nitrogen and oxygen atoms in total. The summed E-state index contributed by atoms with van der Waals surface area (Å²) in [4.78, 5) is 0. The van der Waals surface area contributed by atoms with E-state index in [1.54, 1.807) is 19.1 Å². The van der Waals surface area contributed by atoms with Gasteiger partial charge in [-0.3, -0.25) is 0 Å². The Labute approximate surface area is 158 Å². The Balaban J connectivity index is 2.04. The van der Waals surface area contributed by atoms with Gasteiger partial charge in [0.05, 0.1) is 22.8 Å². The molecule has 0 aromatic heterocycles.